The Hall–Kier alpha value is -3.25. The highest BCUT2D eigenvalue weighted by atomic mass is 32.2. The van der Waals surface area contributed by atoms with Gasteiger partial charge in [0.15, 0.2) is 11.0 Å². The van der Waals surface area contributed by atoms with E-state index in [0.29, 0.717) is 0 Å². The van der Waals surface area contributed by atoms with Gasteiger partial charge in [0, 0.05) is 17.4 Å². The number of aromatic nitrogens is 3. The number of rotatable bonds is 7. The number of nitrogens with zero attached hydrogens (tertiary/aromatic N) is 3. The van der Waals surface area contributed by atoms with E-state index in [1.165, 1.54) is 16.7 Å². The Bertz CT molecular complexity index is 1170. The zero-order chi connectivity index (χ0) is 21.8. The van der Waals surface area contributed by atoms with Crippen molar-refractivity contribution in [3.63, 3.8) is 0 Å². The fraction of sp³-hybridized carbons (Fsp3) is 0.200. The second kappa shape index (κ2) is 9.27. The number of aryl methyl sites for hydroxylation is 2. The van der Waals surface area contributed by atoms with Crippen molar-refractivity contribution in [1.82, 2.24) is 14.8 Å². The molecule has 0 fully saturated rings. The number of methoxy groups -OCH3 is 2. The van der Waals surface area contributed by atoms with E-state index >= 15 is 0 Å². The Morgan fingerprint density at radius 1 is 0.806 bits per heavy atom. The minimum absolute atomic E-state index is 0.728. The standard InChI is InChI=1S/C25H25N3O2S/c1-17-5-9-19(10-6-17)16-31-25-27-26-24(20-11-7-18(2)8-12-20)28(25)22-15-21(29-3)13-14-23(22)30-4/h5-15H,16H2,1-4H3. The van der Waals surface area contributed by atoms with Gasteiger partial charge in [-0.1, -0.05) is 71.4 Å². The molecular weight excluding hydrogens is 406 g/mol. The second-order valence-corrected chi connectivity index (χ2v) is 8.26. The van der Waals surface area contributed by atoms with Gasteiger partial charge in [-0.3, -0.25) is 4.57 Å². The first-order valence-electron chi connectivity index (χ1n) is 10.0. The van der Waals surface area contributed by atoms with Crippen LogP contribution in [0.1, 0.15) is 16.7 Å². The molecule has 31 heavy (non-hydrogen) atoms. The maximum absolute atomic E-state index is 5.67. The minimum atomic E-state index is 0.728. The lowest BCUT2D eigenvalue weighted by atomic mass is 10.1. The molecule has 5 nitrogen and oxygen atoms in total. The second-order valence-electron chi connectivity index (χ2n) is 7.32. The zero-order valence-corrected chi connectivity index (χ0v) is 18.9. The number of benzene rings is 3. The van der Waals surface area contributed by atoms with Crippen LogP contribution in [0.4, 0.5) is 0 Å². The molecule has 4 rings (SSSR count). The quantitative estimate of drug-likeness (QED) is 0.343. The third-order valence-electron chi connectivity index (χ3n) is 5.06. The SMILES string of the molecule is COc1ccc(OC)c(-n2c(SCc3ccc(C)cc3)nnc2-c2ccc(C)cc2)c1. The van der Waals surface area contributed by atoms with Crippen molar-refractivity contribution in [2.24, 2.45) is 0 Å². The predicted molar refractivity (Wildman–Crippen MR) is 125 cm³/mol. The monoisotopic (exact) mass is 431 g/mol. The maximum Gasteiger partial charge on any atom is 0.196 e. The number of ether oxygens (including phenoxy) is 2. The summed E-state index contributed by atoms with van der Waals surface area (Å²) >= 11 is 1.65. The van der Waals surface area contributed by atoms with Crippen LogP contribution in [-0.2, 0) is 5.75 Å². The summed E-state index contributed by atoms with van der Waals surface area (Å²) in [6, 6.07) is 22.6. The van der Waals surface area contributed by atoms with Gasteiger partial charge in [0.05, 0.1) is 19.9 Å². The van der Waals surface area contributed by atoms with E-state index in [1.807, 2.05) is 22.8 Å². The third-order valence-corrected chi connectivity index (χ3v) is 6.06. The normalized spacial score (nSPS) is 10.8. The first-order chi connectivity index (χ1) is 15.1. The van der Waals surface area contributed by atoms with E-state index in [0.717, 1.165) is 39.5 Å². The fourth-order valence-electron chi connectivity index (χ4n) is 3.27. The molecule has 0 spiro atoms. The van der Waals surface area contributed by atoms with Crippen molar-refractivity contribution in [2.45, 2.75) is 24.8 Å². The Morgan fingerprint density at radius 3 is 2.13 bits per heavy atom. The van der Waals surface area contributed by atoms with E-state index in [2.05, 4.69) is 72.6 Å². The van der Waals surface area contributed by atoms with Crippen LogP contribution in [0.2, 0.25) is 0 Å². The van der Waals surface area contributed by atoms with Crippen molar-refractivity contribution in [3.05, 3.63) is 83.4 Å². The molecule has 0 atom stereocenters. The largest absolute Gasteiger partial charge is 0.497 e. The van der Waals surface area contributed by atoms with E-state index in [4.69, 9.17) is 9.47 Å². The molecule has 0 saturated heterocycles. The van der Waals surface area contributed by atoms with Gasteiger partial charge in [0.2, 0.25) is 0 Å². The summed E-state index contributed by atoms with van der Waals surface area (Å²) in [5.74, 6) is 3.02. The maximum atomic E-state index is 5.67. The lowest BCUT2D eigenvalue weighted by Gasteiger charge is -2.15. The lowest BCUT2D eigenvalue weighted by Crippen LogP contribution is -2.03. The van der Waals surface area contributed by atoms with Gasteiger partial charge in [0.1, 0.15) is 11.5 Å². The molecule has 0 saturated carbocycles. The summed E-state index contributed by atoms with van der Waals surface area (Å²) in [6.07, 6.45) is 0. The molecule has 1 aromatic heterocycles. The van der Waals surface area contributed by atoms with E-state index in [1.54, 1.807) is 26.0 Å². The van der Waals surface area contributed by atoms with Gasteiger partial charge in [-0.2, -0.15) is 0 Å². The Kier molecular flexibility index (Phi) is 6.28. The molecular formula is C25H25N3O2S. The first-order valence-corrected chi connectivity index (χ1v) is 11.0. The van der Waals surface area contributed by atoms with Gasteiger partial charge in [-0.15, -0.1) is 10.2 Å². The number of hydrogen-bond acceptors (Lipinski definition) is 5. The highest BCUT2D eigenvalue weighted by Gasteiger charge is 2.20. The molecule has 0 aliphatic rings. The summed E-state index contributed by atoms with van der Waals surface area (Å²) in [5.41, 5.74) is 5.51. The minimum Gasteiger partial charge on any atom is -0.497 e. The molecule has 0 N–H and O–H groups in total. The van der Waals surface area contributed by atoms with E-state index < -0.39 is 0 Å². The first kappa shape index (κ1) is 21.0. The summed E-state index contributed by atoms with van der Waals surface area (Å²) < 4.78 is 13.2. The Balaban J connectivity index is 1.80. The van der Waals surface area contributed by atoms with Crippen LogP contribution >= 0.6 is 11.8 Å². The van der Waals surface area contributed by atoms with Crippen molar-refractivity contribution >= 4 is 11.8 Å². The molecule has 3 aromatic carbocycles. The van der Waals surface area contributed by atoms with Crippen LogP contribution in [0.25, 0.3) is 17.1 Å². The van der Waals surface area contributed by atoms with E-state index in [-0.39, 0.29) is 0 Å². The average molecular weight is 432 g/mol. The molecule has 0 aliphatic carbocycles. The van der Waals surface area contributed by atoms with Crippen molar-refractivity contribution in [2.75, 3.05) is 14.2 Å². The topological polar surface area (TPSA) is 49.2 Å². The molecule has 6 heteroatoms. The van der Waals surface area contributed by atoms with Crippen LogP contribution in [0.3, 0.4) is 0 Å². The van der Waals surface area contributed by atoms with Gasteiger partial charge in [-0.25, -0.2) is 0 Å². The third kappa shape index (κ3) is 4.59. The van der Waals surface area contributed by atoms with Crippen LogP contribution in [0.15, 0.2) is 71.9 Å². The van der Waals surface area contributed by atoms with Crippen LogP contribution in [0.5, 0.6) is 11.5 Å². The molecule has 0 amide bonds. The molecule has 0 radical (unpaired) electrons. The molecule has 158 valence electrons. The Labute approximate surface area is 187 Å². The molecule has 0 aliphatic heterocycles. The molecule has 0 bridgehead atoms. The van der Waals surface area contributed by atoms with Crippen LogP contribution in [-0.4, -0.2) is 29.0 Å². The summed E-state index contributed by atoms with van der Waals surface area (Å²) in [4.78, 5) is 0. The van der Waals surface area contributed by atoms with Crippen LogP contribution in [0, 0.1) is 13.8 Å². The fourth-order valence-corrected chi connectivity index (χ4v) is 4.17. The zero-order valence-electron chi connectivity index (χ0n) is 18.1. The van der Waals surface area contributed by atoms with Crippen LogP contribution < -0.4 is 9.47 Å². The van der Waals surface area contributed by atoms with Crippen molar-refractivity contribution in [3.8, 4) is 28.6 Å². The Morgan fingerprint density at radius 2 is 1.48 bits per heavy atom. The van der Waals surface area contributed by atoms with Gasteiger partial charge in [-0.05, 0) is 31.5 Å². The summed E-state index contributed by atoms with van der Waals surface area (Å²) in [6.45, 7) is 4.17. The predicted octanol–water partition coefficient (Wildman–Crippen LogP) is 5.86. The summed E-state index contributed by atoms with van der Waals surface area (Å²) in [7, 11) is 3.33. The molecule has 1 heterocycles. The smallest absolute Gasteiger partial charge is 0.196 e. The van der Waals surface area contributed by atoms with Gasteiger partial charge in [0.25, 0.3) is 0 Å². The highest BCUT2D eigenvalue weighted by Crippen LogP contribution is 2.35. The van der Waals surface area contributed by atoms with Gasteiger partial charge < -0.3 is 9.47 Å². The molecule has 0 unspecified atom stereocenters. The summed E-state index contributed by atoms with van der Waals surface area (Å²) in [5, 5.41) is 9.87. The van der Waals surface area contributed by atoms with E-state index in [9.17, 15) is 0 Å². The lowest BCUT2D eigenvalue weighted by molar-refractivity contribution is 0.401. The van der Waals surface area contributed by atoms with Gasteiger partial charge >= 0.3 is 0 Å². The van der Waals surface area contributed by atoms with Crippen molar-refractivity contribution < 1.29 is 9.47 Å². The number of thioether (sulfide) groups is 1. The molecule has 4 aromatic rings. The number of hydrogen-bond donors (Lipinski definition) is 0. The van der Waals surface area contributed by atoms with Crippen molar-refractivity contribution in [1.29, 1.82) is 0 Å². The highest BCUT2D eigenvalue weighted by molar-refractivity contribution is 7.98. The average Bonchev–Trinajstić information content (AvgIpc) is 3.22.